The molecule has 1 rings (SSSR count). The van der Waals surface area contributed by atoms with Crippen LogP contribution in [0.4, 0.5) is 13.2 Å². The number of nitrogens with one attached hydrogen (secondary N) is 1. The van der Waals surface area contributed by atoms with Crippen LogP contribution in [-0.2, 0) is 4.74 Å². The van der Waals surface area contributed by atoms with Gasteiger partial charge in [-0.2, -0.15) is 13.2 Å². The Labute approximate surface area is 114 Å². The summed E-state index contributed by atoms with van der Waals surface area (Å²) in [6.07, 6.45) is 2.47. The molecule has 0 aromatic rings. The van der Waals surface area contributed by atoms with Gasteiger partial charge in [0.25, 0.3) is 0 Å². The summed E-state index contributed by atoms with van der Waals surface area (Å²) in [5.41, 5.74) is 0. The number of ether oxygens (including phenoxy) is 1. The summed E-state index contributed by atoms with van der Waals surface area (Å²) in [5.74, 6) is 0. The smallest absolute Gasteiger partial charge is 0.369 e. The van der Waals surface area contributed by atoms with E-state index in [-0.39, 0.29) is 6.10 Å². The van der Waals surface area contributed by atoms with Crippen molar-refractivity contribution < 1.29 is 17.9 Å². The van der Waals surface area contributed by atoms with E-state index in [1.54, 1.807) is 0 Å². The van der Waals surface area contributed by atoms with Crippen molar-refractivity contribution in [2.45, 2.75) is 83.2 Å². The van der Waals surface area contributed by atoms with Crippen molar-refractivity contribution in [1.29, 1.82) is 0 Å². The molecule has 114 valence electrons. The highest BCUT2D eigenvalue weighted by Crippen LogP contribution is 2.24. The van der Waals surface area contributed by atoms with Gasteiger partial charge in [0.05, 0.1) is 6.10 Å². The van der Waals surface area contributed by atoms with Crippen LogP contribution in [0.15, 0.2) is 0 Å². The molecule has 0 spiro atoms. The first-order chi connectivity index (χ1) is 8.90. The Kier molecular flexibility index (Phi) is 7.15. The molecular weight excluding hydrogens is 255 g/mol. The van der Waals surface area contributed by atoms with Crippen molar-refractivity contribution in [3.05, 3.63) is 0 Å². The van der Waals surface area contributed by atoms with Crippen LogP contribution in [0, 0.1) is 0 Å². The van der Waals surface area contributed by atoms with Crippen LogP contribution >= 0.6 is 0 Å². The molecular formula is C14H26F3NO. The van der Waals surface area contributed by atoms with E-state index in [4.69, 9.17) is 4.74 Å². The molecule has 3 unspecified atom stereocenters. The van der Waals surface area contributed by atoms with Gasteiger partial charge in [0.2, 0.25) is 0 Å². The fourth-order valence-corrected chi connectivity index (χ4v) is 2.66. The molecule has 1 N–H and O–H groups in total. The van der Waals surface area contributed by atoms with Crippen molar-refractivity contribution in [1.82, 2.24) is 5.32 Å². The largest absolute Gasteiger partial charge is 0.411 e. The third kappa shape index (κ3) is 7.78. The van der Waals surface area contributed by atoms with Gasteiger partial charge in [-0.25, -0.2) is 0 Å². The Morgan fingerprint density at radius 1 is 1.32 bits per heavy atom. The second-order valence-corrected chi connectivity index (χ2v) is 5.62. The number of hydrogen-bond acceptors (Lipinski definition) is 2. The first-order valence-corrected chi connectivity index (χ1v) is 7.35. The molecule has 3 atom stereocenters. The van der Waals surface area contributed by atoms with E-state index in [0.29, 0.717) is 18.5 Å². The maximum Gasteiger partial charge on any atom is 0.411 e. The molecule has 1 aliphatic rings. The molecule has 0 bridgehead atoms. The molecule has 2 nitrogen and oxygen atoms in total. The Morgan fingerprint density at radius 2 is 2.05 bits per heavy atom. The van der Waals surface area contributed by atoms with Gasteiger partial charge in [-0.1, -0.05) is 19.8 Å². The molecule has 5 heteroatoms. The Bertz CT molecular complexity index is 245. The van der Waals surface area contributed by atoms with Crippen molar-refractivity contribution in [3.63, 3.8) is 0 Å². The van der Waals surface area contributed by atoms with E-state index < -0.39 is 12.8 Å². The van der Waals surface area contributed by atoms with Crippen molar-refractivity contribution in [3.8, 4) is 0 Å². The van der Waals surface area contributed by atoms with E-state index in [0.717, 1.165) is 25.7 Å². The summed E-state index contributed by atoms with van der Waals surface area (Å²) >= 11 is 0. The predicted octanol–water partition coefficient (Wildman–Crippen LogP) is 4.04. The first-order valence-electron chi connectivity index (χ1n) is 7.35. The maximum atomic E-state index is 12.1. The van der Waals surface area contributed by atoms with Gasteiger partial charge in [-0.15, -0.1) is 0 Å². The summed E-state index contributed by atoms with van der Waals surface area (Å²) < 4.78 is 41.3. The molecule has 0 saturated heterocycles. The van der Waals surface area contributed by atoms with E-state index >= 15 is 0 Å². The third-order valence-corrected chi connectivity index (χ3v) is 3.62. The van der Waals surface area contributed by atoms with Crippen molar-refractivity contribution in [2.24, 2.45) is 0 Å². The van der Waals surface area contributed by atoms with E-state index in [1.807, 2.05) is 0 Å². The monoisotopic (exact) mass is 281 g/mol. The van der Waals surface area contributed by atoms with E-state index in [9.17, 15) is 13.2 Å². The zero-order chi connectivity index (χ0) is 14.3. The minimum absolute atomic E-state index is 0.244. The summed E-state index contributed by atoms with van der Waals surface area (Å²) in [4.78, 5) is 0. The van der Waals surface area contributed by atoms with Gasteiger partial charge in [-0.05, 0) is 39.0 Å². The fourth-order valence-electron chi connectivity index (χ4n) is 2.66. The lowest BCUT2D eigenvalue weighted by molar-refractivity contribution is -0.188. The van der Waals surface area contributed by atoms with E-state index in [1.165, 1.54) is 12.8 Å². The predicted molar refractivity (Wildman–Crippen MR) is 70.2 cm³/mol. The molecule has 1 aliphatic carbocycles. The minimum atomic E-state index is -4.21. The molecule has 0 aliphatic heterocycles. The topological polar surface area (TPSA) is 21.3 Å². The van der Waals surface area contributed by atoms with Crippen molar-refractivity contribution >= 4 is 0 Å². The number of halogens is 3. The number of hydrogen-bond donors (Lipinski definition) is 1. The minimum Gasteiger partial charge on any atom is -0.369 e. The second kappa shape index (κ2) is 8.10. The van der Waals surface area contributed by atoms with Gasteiger partial charge in [0.15, 0.2) is 0 Å². The number of alkyl halides is 3. The lowest BCUT2D eigenvalue weighted by Crippen LogP contribution is -2.42. The normalized spacial score (nSPS) is 26.4. The fraction of sp³-hybridized carbons (Fsp3) is 1.00. The average molecular weight is 281 g/mol. The molecule has 0 aromatic carbocycles. The summed E-state index contributed by atoms with van der Waals surface area (Å²) in [5, 5.41) is 3.52. The highest BCUT2D eigenvalue weighted by atomic mass is 19.4. The SMILES string of the molecule is CCCCC(C)NC1CCCC(OCC(F)(F)F)C1. The highest BCUT2D eigenvalue weighted by Gasteiger charge is 2.31. The molecule has 19 heavy (non-hydrogen) atoms. The van der Waals surface area contributed by atoms with Gasteiger partial charge < -0.3 is 10.1 Å². The molecule has 1 fully saturated rings. The Morgan fingerprint density at radius 3 is 2.68 bits per heavy atom. The lowest BCUT2D eigenvalue weighted by Gasteiger charge is -2.32. The van der Waals surface area contributed by atoms with Crippen LogP contribution in [0.25, 0.3) is 0 Å². The summed E-state index contributed by atoms with van der Waals surface area (Å²) in [7, 11) is 0. The lowest BCUT2D eigenvalue weighted by atomic mass is 9.92. The van der Waals surface area contributed by atoms with Crippen LogP contribution in [0.2, 0.25) is 0 Å². The van der Waals surface area contributed by atoms with Crippen LogP contribution in [0.1, 0.15) is 58.8 Å². The summed E-state index contributed by atoms with van der Waals surface area (Å²) in [6.45, 7) is 3.19. The first kappa shape index (κ1) is 16.8. The maximum absolute atomic E-state index is 12.1. The van der Waals surface area contributed by atoms with Crippen LogP contribution in [0.3, 0.4) is 0 Å². The van der Waals surface area contributed by atoms with Gasteiger partial charge in [-0.3, -0.25) is 0 Å². The zero-order valence-electron chi connectivity index (χ0n) is 11.9. The Hall–Kier alpha value is -0.290. The van der Waals surface area contributed by atoms with Crippen LogP contribution in [-0.4, -0.2) is 31.0 Å². The number of rotatable bonds is 7. The third-order valence-electron chi connectivity index (χ3n) is 3.62. The highest BCUT2D eigenvalue weighted by molar-refractivity contribution is 4.80. The van der Waals surface area contributed by atoms with E-state index in [2.05, 4.69) is 19.2 Å². The van der Waals surface area contributed by atoms with Gasteiger partial charge in [0.1, 0.15) is 6.61 Å². The standard InChI is InChI=1S/C14H26F3NO/c1-3-4-6-11(2)18-12-7-5-8-13(9-12)19-10-14(15,16)17/h11-13,18H,3-10H2,1-2H3. The van der Waals surface area contributed by atoms with Crippen LogP contribution in [0.5, 0.6) is 0 Å². The van der Waals surface area contributed by atoms with Crippen molar-refractivity contribution in [2.75, 3.05) is 6.61 Å². The molecule has 0 amide bonds. The average Bonchev–Trinajstić information content (AvgIpc) is 2.33. The summed E-state index contributed by atoms with van der Waals surface area (Å²) in [6, 6.07) is 0.741. The van der Waals surface area contributed by atoms with Gasteiger partial charge >= 0.3 is 6.18 Å². The quantitative estimate of drug-likeness (QED) is 0.760. The molecule has 0 aromatic heterocycles. The molecule has 1 saturated carbocycles. The van der Waals surface area contributed by atoms with Gasteiger partial charge in [0, 0.05) is 12.1 Å². The number of unbranched alkanes of at least 4 members (excludes halogenated alkanes) is 1. The van der Waals surface area contributed by atoms with Crippen LogP contribution < -0.4 is 5.32 Å². The zero-order valence-corrected chi connectivity index (χ0v) is 11.9. The second-order valence-electron chi connectivity index (χ2n) is 5.62. The molecule has 0 heterocycles. The Balaban J connectivity index is 2.25. The molecule has 0 radical (unpaired) electrons.